The number of amides is 1. The van der Waals surface area contributed by atoms with E-state index < -0.39 is 0 Å². The van der Waals surface area contributed by atoms with Crippen molar-refractivity contribution in [2.45, 2.75) is 25.3 Å². The highest BCUT2D eigenvalue weighted by molar-refractivity contribution is 6.32. The predicted molar refractivity (Wildman–Crippen MR) is 69.1 cm³/mol. The van der Waals surface area contributed by atoms with E-state index in [-0.39, 0.29) is 11.9 Å². The molecule has 0 spiro atoms. The molecule has 0 aliphatic heterocycles. The lowest BCUT2D eigenvalue weighted by Crippen LogP contribution is -2.27. The van der Waals surface area contributed by atoms with E-state index >= 15 is 0 Å². The summed E-state index contributed by atoms with van der Waals surface area (Å²) in [5.74, 6) is 5.96. The maximum atomic E-state index is 11.4. The van der Waals surface area contributed by atoms with E-state index in [1.165, 1.54) is 6.20 Å². The van der Waals surface area contributed by atoms with Gasteiger partial charge in [0.2, 0.25) is 11.9 Å². The second-order valence-electron chi connectivity index (χ2n) is 4.05. The van der Waals surface area contributed by atoms with Gasteiger partial charge in [0.1, 0.15) is 5.02 Å². The van der Waals surface area contributed by atoms with E-state index in [4.69, 9.17) is 17.4 Å². The van der Waals surface area contributed by atoms with E-state index in [1.54, 1.807) is 0 Å². The highest BCUT2D eigenvalue weighted by atomic mass is 35.5. The molecule has 7 nitrogen and oxygen atoms in total. The number of aromatic nitrogens is 2. The normalized spacial score (nSPS) is 14.1. The van der Waals surface area contributed by atoms with Gasteiger partial charge in [-0.3, -0.25) is 10.2 Å². The molecule has 1 aromatic rings. The van der Waals surface area contributed by atoms with Gasteiger partial charge in [0, 0.05) is 19.0 Å². The summed E-state index contributed by atoms with van der Waals surface area (Å²) >= 11 is 5.91. The number of nitrogen functional groups attached to an aromatic ring is 1. The standard InChI is InChI=1S/C10H15ClN6O/c11-7-5-14-10(17-12)16-9(7)13-4-3-8(18)15-6-1-2-6/h5-6H,1-4,12H2,(H,15,18)(H2,13,14,16,17). The Hall–Kier alpha value is -1.60. The molecular weight excluding hydrogens is 256 g/mol. The van der Waals surface area contributed by atoms with Gasteiger partial charge in [0.25, 0.3) is 0 Å². The molecule has 1 aliphatic rings. The summed E-state index contributed by atoms with van der Waals surface area (Å²) in [4.78, 5) is 19.3. The SMILES string of the molecule is NNc1ncc(Cl)c(NCCC(=O)NC2CC2)n1. The summed E-state index contributed by atoms with van der Waals surface area (Å²) in [7, 11) is 0. The minimum Gasteiger partial charge on any atom is -0.368 e. The first kappa shape index (κ1) is 12.8. The van der Waals surface area contributed by atoms with Crippen LogP contribution in [0.15, 0.2) is 6.20 Å². The van der Waals surface area contributed by atoms with Crippen LogP contribution in [0.5, 0.6) is 0 Å². The number of rotatable bonds is 6. The van der Waals surface area contributed by atoms with Gasteiger partial charge in [0.05, 0.1) is 6.20 Å². The topological polar surface area (TPSA) is 105 Å². The molecule has 1 aromatic heterocycles. The molecule has 1 saturated carbocycles. The van der Waals surface area contributed by atoms with Crippen LogP contribution in [0, 0.1) is 0 Å². The van der Waals surface area contributed by atoms with Gasteiger partial charge in [-0.05, 0) is 12.8 Å². The second kappa shape index (κ2) is 5.83. The van der Waals surface area contributed by atoms with Crippen LogP contribution < -0.4 is 21.9 Å². The minimum absolute atomic E-state index is 0.0346. The van der Waals surface area contributed by atoms with Crippen molar-refractivity contribution >= 4 is 29.3 Å². The Labute approximate surface area is 109 Å². The zero-order valence-corrected chi connectivity index (χ0v) is 10.5. The molecule has 1 fully saturated rings. The Balaban J connectivity index is 1.79. The van der Waals surface area contributed by atoms with Crippen molar-refractivity contribution in [1.82, 2.24) is 15.3 Å². The highest BCUT2D eigenvalue weighted by Crippen LogP contribution is 2.20. The van der Waals surface area contributed by atoms with Crippen molar-refractivity contribution in [2.75, 3.05) is 17.3 Å². The van der Waals surface area contributed by atoms with Crippen LogP contribution in [0.2, 0.25) is 5.02 Å². The van der Waals surface area contributed by atoms with Gasteiger partial charge in [-0.2, -0.15) is 4.98 Å². The Morgan fingerprint density at radius 2 is 2.33 bits per heavy atom. The zero-order chi connectivity index (χ0) is 13.0. The van der Waals surface area contributed by atoms with Crippen LogP contribution in [-0.4, -0.2) is 28.5 Å². The van der Waals surface area contributed by atoms with E-state index in [0.717, 1.165) is 12.8 Å². The quantitative estimate of drug-likeness (QED) is 0.443. The highest BCUT2D eigenvalue weighted by Gasteiger charge is 2.22. The third-order valence-corrected chi connectivity index (χ3v) is 2.74. The van der Waals surface area contributed by atoms with Crippen LogP contribution in [0.3, 0.4) is 0 Å². The lowest BCUT2D eigenvalue weighted by atomic mass is 10.4. The third-order valence-electron chi connectivity index (χ3n) is 2.46. The Morgan fingerprint density at radius 1 is 1.56 bits per heavy atom. The van der Waals surface area contributed by atoms with E-state index in [1.807, 2.05) is 0 Å². The molecule has 1 aliphatic carbocycles. The van der Waals surface area contributed by atoms with Crippen molar-refractivity contribution in [3.05, 3.63) is 11.2 Å². The summed E-state index contributed by atoms with van der Waals surface area (Å²) in [6, 6.07) is 0.383. The van der Waals surface area contributed by atoms with Crippen molar-refractivity contribution < 1.29 is 4.79 Å². The van der Waals surface area contributed by atoms with E-state index in [9.17, 15) is 4.79 Å². The first-order valence-electron chi connectivity index (χ1n) is 5.71. The number of hydrazine groups is 1. The summed E-state index contributed by atoms with van der Waals surface area (Å²) in [5.41, 5.74) is 2.33. The lowest BCUT2D eigenvalue weighted by molar-refractivity contribution is -0.120. The number of carbonyl (C=O) groups is 1. The predicted octanol–water partition coefficient (Wildman–Crippen LogP) is 0.496. The average Bonchev–Trinajstić information content (AvgIpc) is 3.15. The molecule has 0 aromatic carbocycles. The van der Waals surface area contributed by atoms with Crippen LogP contribution in [0.25, 0.3) is 0 Å². The lowest BCUT2D eigenvalue weighted by Gasteiger charge is -2.08. The molecule has 0 radical (unpaired) electrons. The average molecular weight is 271 g/mol. The largest absolute Gasteiger partial charge is 0.368 e. The van der Waals surface area contributed by atoms with Crippen LogP contribution in [0.4, 0.5) is 11.8 Å². The number of hydrogen-bond acceptors (Lipinski definition) is 6. The van der Waals surface area contributed by atoms with Gasteiger partial charge in [-0.1, -0.05) is 11.6 Å². The van der Waals surface area contributed by atoms with Gasteiger partial charge < -0.3 is 10.6 Å². The maximum absolute atomic E-state index is 11.4. The number of halogens is 1. The van der Waals surface area contributed by atoms with Crippen LogP contribution >= 0.6 is 11.6 Å². The molecular formula is C10H15ClN6O. The summed E-state index contributed by atoms with van der Waals surface area (Å²) in [6.45, 7) is 0.458. The smallest absolute Gasteiger partial charge is 0.239 e. The molecule has 5 N–H and O–H groups in total. The second-order valence-corrected chi connectivity index (χ2v) is 4.46. The molecule has 18 heavy (non-hydrogen) atoms. The Morgan fingerprint density at radius 3 is 3.00 bits per heavy atom. The number of nitrogens with one attached hydrogen (secondary N) is 3. The monoisotopic (exact) mass is 270 g/mol. The van der Waals surface area contributed by atoms with E-state index in [0.29, 0.717) is 29.8 Å². The molecule has 0 saturated heterocycles. The first-order valence-corrected chi connectivity index (χ1v) is 6.09. The number of anilines is 2. The Bertz CT molecular complexity index is 436. The van der Waals surface area contributed by atoms with Crippen molar-refractivity contribution in [2.24, 2.45) is 5.84 Å². The number of carbonyl (C=O) groups excluding carboxylic acids is 1. The summed E-state index contributed by atoms with van der Waals surface area (Å²) in [5, 5.41) is 6.26. The number of nitrogens with zero attached hydrogens (tertiary/aromatic N) is 2. The van der Waals surface area contributed by atoms with Crippen molar-refractivity contribution in [3.8, 4) is 0 Å². The molecule has 98 valence electrons. The van der Waals surface area contributed by atoms with Gasteiger partial charge in [-0.25, -0.2) is 10.8 Å². The summed E-state index contributed by atoms with van der Waals surface area (Å²) in [6.07, 6.45) is 3.99. The van der Waals surface area contributed by atoms with Gasteiger partial charge in [-0.15, -0.1) is 0 Å². The van der Waals surface area contributed by atoms with Gasteiger partial charge >= 0.3 is 0 Å². The minimum atomic E-state index is 0.0346. The molecule has 1 amide bonds. The Kier molecular flexibility index (Phi) is 4.16. The fourth-order valence-electron chi connectivity index (χ4n) is 1.38. The number of hydrogen-bond donors (Lipinski definition) is 4. The molecule has 0 bridgehead atoms. The van der Waals surface area contributed by atoms with Crippen LogP contribution in [-0.2, 0) is 4.79 Å². The molecule has 1 heterocycles. The molecule has 0 unspecified atom stereocenters. The molecule has 2 rings (SSSR count). The molecule has 8 heteroatoms. The fraction of sp³-hybridized carbons (Fsp3) is 0.500. The van der Waals surface area contributed by atoms with E-state index in [2.05, 4.69) is 26.0 Å². The zero-order valence-electron chi connectivity index (χ0n) is 9.74. The third kappa shape index (κ3) is 3.71. The first-order chi connectivity index (χ1) is 8.69. The molecule has 0 atom stereocenters. The van der Waals surface area contributed by atoms with Gasteiger partial charge in [0.15, 0.2) is 5.82 Å². The van der Waals surface area contributed by atoms with Crippen molar-refractivity contribution in [1.29, 1.82) is 0 Å². The summed E-state index contributed by atoms with van der Waals surface area (Å²) < 4.78 is 0. The fourth-order valence-corrected chi connectivity index (χ4v) is 1.54. The number of nitrogens with two attached hydrogens (primary N) is 1. The van der Waals surface area contributed by atoms with Crippen LogP contribution in [0.1, 0.15) is 19.3 Å². The maximum Gasteiger partial charge on any atom is 0.239 e. The van der Waals surface area contributed by atoms with Crippen molar-refractivity contribution in [3.63, 3.8) is 0 Å².